The molecule has 1 unspecified atom stereocenters. The minimum atomic E-state index is -0.317. The molecule has 1 aromatic carbocycles. The summed E-state index contributed by atoms with van der Waals surface area (Å²) in [6, 6.07) is 8.16. The van der Waals surface area contributed by atoms with Gasteiger partial charge in [-0.2, -0.15) is 0 Å². The van der Waals surface area contributed by atoms with Gasteiger partial charge in [-0.3, -0.25) is 0 Å². The van der Waals surface area contributed by atoms with E-state index in [4.69, 9.17) is 4.74 Å². The van der Waals surface area contributed by atoms with Crippen molar-refractivity contribution < 1.29 is 9.53 Å². The summed E-state index contributed by atoms with van der Waals surface area (Å²) in [6.07, 6.45) is 3.67. The molecule has 18 heavy (non-hydrogen) atoms. The van der Waals surface area contributed by atoms with Gasteiger partial charge in [0.05, 0.1) is 0 Å². The number of hydrogen-bond donors (Lipinski definition) is 0. The Labute approximate surface area is 113 Å². The Morgan fingerprint density at radius 2 is 2.00 bits per heavy atom. The van der Waals surface area contributed by atoms with Crippen molar-refractivity contribution in [3.63, 3.8) is 0 Å². The van der Waals surface area contributed by atoms with E-state index in [1.165, 1.54) is 4.90 Å². The maximum Gasteiger partial charge on any atom is 0.333 e. The van der Waals surface area contributed by atoms with Crippen molar-refractivity contribution in [3.8, 4) is 0 Å². The third-order valence-corrected chi connectivity index (χ3v) is 3.38. The standard InChI is InChI=1S/C15H20O2S/c1-5-6-14(17-15(16)11(2)3)12-7-9-13(18-4)10-8-12/h7-10,14H,2,5-6H2,1,3-4H3. The molecular weight excluding hydrogens is 244 g/mol. The Kier molecular flexibility index (Phi) is 5.99. The zero-order chi connectivity index (χ0) is 13.5. The Balaban J connectivity index is 2.82. The molecule has 1 atom stereocenters. The molecule has 0 heterocycles. The molecule has 0 aromatic heterocycles. The van der Waals surface area contributed by atoms with E-state index >= 15 is 0 Å². The second kappa shape index (κ2) is 7.27. The number of rotatable bonds is 6. The van der Waals surface area contributed by atoms with Crippen LogP contribution in [0.4, 0.5) is 0 Å². The second-order valence-electron chi connectivity index (χ2n) is 4.24. The summed E-state index contributed by atoms with van der Waals surface area (Å²) in [5.41, 5.74) is 1.49. The highest BCUT2D eigenvalue weighted by atomic mass is 32.2. The van der Waals surface area contributed by atoms with Crippen LogP contribution in [0.5, 0.6) is 0 Å². The number of carbonyl (C=O) groups is 1. The molecule has 0 saturated carbocycles. The third-order valence-electron chi connectivity index (χ3n) is 2.64. The Hall–Kier alpha value is -1.22. The molecule has 0 aliphatic carbocycles. The number of esters is 1. The molecule has 1 rings (SSSR count). The quantitative estimate of drug-likeness (QED) is 0.433. The molecule has 0 fully saturated rings. The molecule has 2 nitrogen and oxygen atoms in total. The van der Waals surface area contributed by atoms with Crippen LogP contribution < -0.4 is 0 Å². The number of thioether (sulfide) groups is 1. The zero-order valence-electron chi connectivity index (χ0n) is 11.2. The summed E-state index contributed by atoms with van der Waals surface area (Å²) in [6.45, 7) is 7.36. The van der Waals surface area contributed by atoms with Crippen molar-refractivity contribution in [1.82, 2.24) is 0 Å². The Morgan fingerprint density at radius 1 is 1.39 bits per heavy atom. The average molecular weight is 264 g/mol. The fraction of sp³-hybridized carbons (Fsp3) is 0.400. The first-order chi connectivity index (χ1) is 8.58. The van der Waals surface area contributed by atoms with E-state index in [-0.39, 0.29) is 12.1 Å². The van der Waals surface area contributed by atoms with Crippen LogP contribution in [0, 0.1) is 0 Å². The van der Waals surface area contributed by atoms with Crippen molar-refractivity contribution in [2.75, 3.05) is 6.26 Å². The number of benzene rings is 1. The number of hydrogen-bond acceptors (Lipinski definition) is 3. The third kappa shape index (κ3) is 4.22. The second-order valence-corrected chi connectivity index (χ2v) is 5.12. The van der Waals surface area contributed by atoms with E-state index in [9.17, 15) is 4.79 Å². The lowest BCUT2D eigenvalue weighted by Gasteiger charge is -2.18. The van der Waals surface area contributed by atoms with Crippen LogP contribution in [-0.2, 0) is 9.53 Å². The van der Waals surface area contributed by atoms with E-state index in [1.54, 1.807) is 18.7 Å². The SMILES string of the molecule is C=C(C)C(=O)OC(CCC)c1ccc(SC)cc1. The predicted octanol–water partition coefficient (Wildman–Crippen LogP) is 4.37. The smallest absolute Gasteiger partial charge is 0.333 e. The number of ether oxygens (including phenoxy) is 1. The fourth-order valence-corrected chi connectivity index (χ4v) is 2.01. The fourth-order valence-electron chi connectivity index (χ4n) is 1.60. The molecule has 0 N–H and O–H groups in total. The lowest BCUT2D eigenvalue weighted by Crippen LogP contribution is -2.11. The van der Waals surface area contributed by atoms with E-state index in [0.717, 1.165) is 18.4 Å². The van der Waals surface area contributed by atoms with Gasteiger partial charge in [-0.15, -0.1) is 11.8 Å². The molecule has 0 amide bonds. The molecule has 3 heteroatoms. The van der Waals surface area contributed by atoms with Crippen molar-refractivity contribution in [2.45, 2.75) is 37.7 Å². The van der Waals surface area contributed by atoms with Gasteiger partial charge in [-0.05, 0) is 37.3 Å². The maximum atomic E-state index is 11.6. The first-order valence-corrected chi connectivity index (χ1v) is 7.31. The summed E-state index contributed by atoms with van der Waals surface area (Å²) in [5.74, 6) is -0.317. The molecule has 0 spiro atoms. The minimum absolute atomic E-state index is 0.171. The van der Waals surface area contributed by atoms with Crippen LogP contribution in [-0.4, -0.2) is 12.2 Å². The first kappa shape index (κ1) is 14.8. The van der Waals surface area contributed by atoms with E-state index in [1.807, 2.05) is 18.4 Å². The van der Waals surface area contributed by atoms with E-state index < -0.39 is 0 Å². The van der Waals surface area contributed by atoms with Crippen LogP contribution in [0.2, 0.25) is 0 Å². The topological polar surface area (TPSA) is 26.3 Å². The molecule has 1 aromatic rings. The Bertz CT molecular complexity index is 409. The number of carbonyl (C=O) groups excluding carboxylic acids is 1. The van der Waals surface area contributed by atoms with Crippen LogP contribution >= 0.6 is 11.8 Å². The van der Waals surface area contributed by atoms with Crippen molar-refractivity contribution in [2.24, 2.45) is 0 Å². The van der Waals surface area contributed by atoms with Gasteiger partial charge in [0.25, 0.3) is 0 Å². The van der Waals surface area contributed by atoms with Crippen LogP contribution in [0.25, 0.3) is 0 Å². The van der Waals surface area contributed by atoms with E-state index in [0.29, 0.717) is 5.57 Å². The van der Waals surface area contributed by atoms with Gasteiger partial charge in [0, 0.05) is 10.5 Å². The van der Waals surface area contributed by atoms with Gasteiger partial charge in [0.15, 0.2) is 0 Å². The molecule has 0 bridgehead atoms. The summed E-state index contributed by atoms with van der Waals surface area (Å²) in [4.78, 5) is 12.8. The monoisotopic (exact) mass is 264 g/mol. The lowest BCUT2D eigenvalue weighted by molar-refractivity contribution is -0.145. The molecule has 0 radical (unpaired) electrons. The van der Waals surface area contributed by atoms with Crippen LogP contribution in [0.1, 0.15) is 38.4 Å². The van der Waals surface area contributed by atoms with Crippen molar-refractivity contribution in [3.05, 3.63) is 42.0 Å². The summed E-state index contributed by atoms with van der Waals surface area (Å²) in [7, 11) is 0. The predicted molar refractivity (Wildman–Crippen MR) is 76.8 cm³/mol. The molecule has 0 aliphatic heterocycles. The minimum Gasteiger partial charge on any atom is -0.454 e. The molecular formula is C15H20O2S. The highest BCUT2D eigenvalue weighted by molar-refractivity contribution is 7.98. The van der Waals surface area contributed by atoms with Crippen LogP contribution in [0.3, 0.4) is 0 Å². The summed E-state index contributed by atoms with van der Waals surface area (Å²) in [5, 5.41) is 0. The first-order valence-electron chi connectivity index (χ1n) is 6.09. The Morgan fingerprint density at radius 3 is 2.44 bits per heavy atom. The van der Waals surface area contributed by atoms with Gasteiger partial charge >= 0.3 is 5.97 Å². The van der Waals surface area contributed by atoms with Gasteiger partial charge < -0.3 is 4.74 Å². The highest BCUT2D eigenvalue weighted by Gasteiger charge is 2.16. The normalized spacial score (nSPS) is 11.9. The summed E-state index contributed by atoms with van der Waals surface area (Å²) >= 11 is 1.70. The lowest BCUT2D eigenvalue weighted by atomic mass is 10.1. The van der Waals surface area contributed by atoms with Crippen LogP contribution in [0.15, 0.2) is 41.3 Å². The van der Waals surface area contributed by atoms with Crippen molar-refractivity contribution >= 4 is 17.7 Å². The highest BCUT2D eigenvalue weighted by Crippen LogP contribution is 2.26. The summed E-state index contributed by atoms with van der Waals surface area (Å²) < 4.78 is 5.47. The van der Waals surface area contributed by atoms with Gasteiger partial charge in [-0.25, -0.2) is 4.79 Å². The zero-order valence-corrected chi connectivity index (χ0v) is 12.0. The van der Waals surface area contributed by atoms with Gasteiger partial charge in [0.2, 0.25) is 0 Å². The average Bonchev–Trinajstić information content (AvgIpc) is 2.38. The van der Waals surface area contributed by atoms with Gasteiger partial charge in [0.1, 0.15) is 6.10 Å². The molecule has 98 valence electrons. The van der Waals surface area contributed by atoms with Gasteiger partial charge in [-0.1, -0.05) is 32.1 Å². The molecule has 0 saturated heterocycles. The molecule has 0 aliphatic rings. The van der Waals surface area contributed by atoms with E-state index in [2.05, 4.69) is 25.6 Å². The maximum absolute atomic E-state index is 11.6. The largest absolute Gasteiger partial charge is 0.454 e. The van der Waals surface area contributed by atoms with Crippen molar-refractivity contribution in [1.29, 1.82) is 0 Å².